The summed E-state index contributed by atoms with van der Waals surface area (Å²) in [6.07, 6.45) is -3.20. The van der Waals surface area contributed by atoms with Gasteiger partial charge in [-0.1, -0.05) is 12.1 Å². The van der Waals surface area contributed by atoms with Crippen LogP contribution in [0.5, 0.6) is 11.5 Å². The zero-order chi connectivity index (χ0) is 24.1. The van der Waals surface area contributed by atoms with E-state index in [-0.39, 0.29) is 5.56 Å². The fourth-order valence-corrected chi connectivity index (χ4v) is 3.69. The zero-order valence-corrected chi connectivity index (χ0v) is 18.5. The van der Waals surface area contributed by atoms with Crippen LogP contribution >= 0.6 is 0 Å². The molecule has 0 atom stereocenters. The highest BCUT2D eigenvalue weighted by molar-refractivity contribution is 5.97. The summed E-state index contributed by atoms with van der Waals surface area (Å²) in [5.74, 6) is 0.292. The van der Waals surface area contributed by atoms with Gasteiger partial charge in [-0.05, 0) is 49.4 Å². The Bertz CT molecular complexity index is 1130. The fraction of sp³-hybridized carbons (Fsp3) is 0.292. The number of amides is 1. The molecular weight excluding hydrogens is 449 g/mol. The molecule has 0 N–H and O–H groups in total. The number of anilines is 1. The molecule has 4 rings (SSSR count). The normalized spacial score (nSPS) is 14.1. The van der Waals surface area contributed by atoms with Gasteiger partial charge >= 0.3 is 6.36 Å². The highest BCUT2D eigenvalue weighted by atomic mass is 19.4. The minimum absolute atomic E-state index is 0.123. The van der Waals surface area contributed by atoms with E-state index >= 15 is 0 Å². The number of carbonyl (C=O) groups excluding carboxylic acids is 1. The predicted molar refractivity (Wildman–Crippen MR) is 120 cm³/mol. The van der Waals surface area contributed by atoms with Crippen molar-refractivity contribution in [1.29, 1.82) is 0 Å². The summed E-state index contributed by atoms with van der Waals surface area (Å²) in [4.78, 5) is 25.3. The molecule has 34 heavy (non-hydrogen) atoms. The molecule has 1 aliphatic rings. The first-order valence-corrected chi connectivity index (χ1v) is 10.8. The van der Waals surface area contributed by atoms with Crippen LogP contribution in [0.3, 0.4) is 0 Å². The molecule has 1 aliphatic heterocycles. The number of hydrogen-bond acceptors (Lipinski definition) is 6. The van der Waals surface area contributed by atoms with Gasteiger partial charge in [-0.15, -0.1) is 13.2 Å². The van der Waals surface area contributed by atoms with E-state index in [0.717, 1.165) is 23.1 Å². The average Bonchev–Trinajstić information content (AvgIpc) is 2.84. The van der Waals surface area contributed by atoms with Crippen molar-refractivity contribution in [2.24, 2.45) is 0 Å². The number of hydrogen-bond donors (Lipinski definition) is 0. The molecule has 3 aromatic rings. The Hall–Kier alpha value is -3.82. The molecule has 0 radical (unpaired) electrons. The fourth-order valence-electron chi connectivity index (χ4n) is 3.69. The minimum Gasteiger partial charge on any atom is -0.494 e. The van der Waals surface area contributed by atoms with Crippen molar-refractivity contribution in [1.82, 2.24) is 14.9 Å². The number of aromatic nitrogens is 2. The number of halogens is 3. The van der Waals surface area contributed by atoms with E-state index < -0.39 is 18.0 Å². The first-order chi connectivity index (χ1) is 16.3. The molecule has 0 spiro atoms. The number of rotatable bonds is 6. The van der Waals surface area contributed by atoms with Crippen LogP contribution in [0.4, 0.5) is 19.1 Å². The molecule has 1 aromatic heterocycles. The number of piperazine rings is 1. The lowest BCUT2D eigenvalue weighted by molar-refractivity contribution is -0.274. The molecule has 10 heteroatoms. The quantitative estimate of drug-likeness (QED) is 0.530. The maximum Gasteiger partial charge on any atom is 0.573 e. The highest BCUT2D eigenvalue weighted by Gasteiger charge is 2.34. The van der Waals surface area contributed by atoms with Gasteiger partial charge in [-0.2, -0.15) is 0 Å². The van der Waals surface area contributed by atoms with Crippen LogP contribution < -0.4 is 14.4 Å². The largest absolute Gasteiger partial charge is 0.573 e. The molecule has 0 aliphatic carbocycles. The predicted octanol–water partition coefficient (Wildman–Crippen LogP) is 4.40. The Morgan fingerprint density at radius 1 is 1.00 bits per heavy atom. The summed E-state index contributed by atoms with van der Waals surface area (Å²) in [5.41, 5.74) is 1.55. The molecule has 0 unspecified atom stereocenters. The Labute approximate surface area is 194 Å². The van der Waals surface area contributed by atoms with Crippen LogP contribution in [0.15, 0.2) is 60.8 Å². The van der Waals surface area contributed by atoms with E-state index in [1.807, 2.05) is 42.2 Å². The van der Waals surface area contributed by atoms with E-state index in [4.69, 9.17) is 4.74 Å². The van der Waals surface area contributed by atoms with Crippen molar-refractivity contribution in [3.05, 3.63) is 66.4 Å². The van der Waals surface area contributed by atoms with Crippen LogP contribution in [-0.4, -0.2) is 59.9 Å². The number of benzene rings is 2. The van der Waals surface area contributed by atoms with Gasteiger partial charge in [0.15, 0.2) is 0 Å². The van der Waals surface area contributed by atoms with Gasteiger partial charge in [0.25, 0.3) is 5.91 Å². The monoisotopic (exact) mass is 472 g/mol. The minimum atomic E-state index is -4.87. The second kappa shape index (κ2) is 9.98. The lowest BCUT2D eigenvalue weighted by atomic mass is 10.1. The number of para-hydroxylation sites is 1. The van der Waals surface area contributed by atoms with Crippen LogP contribution in [-0.2, 0) is 0 Å². The van der Waals surface area contributed by atoms with Crippen molar-refractivity contribution in [2.75, 3.05) is 37.7 Å². The first kappa shape index (κ1) is 23.3. The van der Waals surface area contributed by atoms with E-state index in [0.29, 0.717) is 38.7 Å². The maximum atomic E-state index is 12.9. The molecule has 1 saturated heterocycles. The van der Waals surface area contributed by atoms with E-state index in [9.17, 15) is 18.0 Å². The van der Waals surface area contributed by atoms with Gasteiger partial charge < -0.3 is 19.3 Å². The number of nitrogens with zero attached hydrogens (tertiary/aromatic N) is 4. The summed E-state index contributed by atoms with van der Waals surface area (Å²) in [7, 11) is 0. The number of alkyl halides is 3. The molecule has 2 heterocycles. The smallest absolute Gasteiger partial charge is 0.494 e. The number of carbonyl (C=O) groups is 1. The van der Waals surface area contributed by atoms with Gasteiger partial charge in [0.2, 0.25) is 5.95 Å². The second-order valence-corrected chi connectivity index (χ2v) is 7.52. The lowest BCUT2D eigenvalue weighted by Crippen LogP contribution is -2.49. The van der Waals surface area contributed by atoms with Crippen molar-refractivity contribution in [3.63, 3.8) is 0 Å². The van der Waals surface area contributed by atoms with E-state index in [2.05, 4.69) is 14.7 Å². The molecule has 1 amide bonds. The standard InChI is InChI=1S/C24H23F3N4O3/c1-2-33-18-9-7-17(8-10-18)20-11-12-28-23(29-20)31-15-13-30(14-16-31)22(32)19-5-3-4-6-21(19)34-24(25,26)27/h3-12H,2,13-16H2,1H3. The molecule has 0 bridgehead atoms. The van der Waals surface area contributed by atoms with Crippen LogP contribution in [0.1, 0.15) is 17.3 Å². The van der Waals surface area contributed by atoms with Crippen molar-refractivity contribution >= 4 is 11.9 Å². The lowest BCUT2D eigenvalue weighted by Gasteiger charge is -2.35. The second-order valence-electron chi connectivity index (χ2n) is 7.52. The summed E-state index contributed by atoms with van der Waals surface area (Å²) in [6.45, 7) is 4.03. The van der Waals surface area contributed by atoms with Gasteiger partial charge in [-0.25, -0.2) is 9.97 Å². The summed E-state index contributed by atoms with van der Waals surface area (Å²) in [6, 6.07) is 14.8. The Balaban J connectivity index is 1.43. The van der Waals surface area contributed by atoms with Gasteiger partial charge in [0.1, 0.15) is 11.5 Å². The Morgan fingerprint density at radius 3 is 2.38 bits per heavy atom. The van der Waals surface area contributed by atoms with Crippen molar-refractivity contribution in [3.8, 4) is 22.8 Å². The van der Waals surface area contributed by atoms with Gasteiger partial charge in [0, 0.05) is 37.9 Å². The Kier molecular flexibility index (Phi) is 6.85. The summed E-state index contributed by atoms with van der Waals surface area (Å²) in [5, 5.41) is 0. The third kappa shape index (κ3) is 5.56. The van der Waals surface area contributed by atoms with Crippen molar-refractivity contribution < 1.29 is 27.4 Å². The number of ether oxygens (including phenoxy) is 2. The van der Waals surface area contributed by atoms with Crippen LogP contribution in [0.25, 0.3) is 11.3 Å². The van der Waals surface area contributed by atoms with Crippen LogP contribution in [0, 0.1) is 0 Å². The van der Waals surface area contributed by atoms with Crippen molar-refractivity contribution in [2.45, 2.75) is 13.3 Å². The molecule has 2 aromatic carbocycles. The topological polar surface area (TPSA) is 67.8 Å². The van der Waals surface area contributed by atoms with Gasteiger partial charge in [-0.3, -0.25) is 4.79 Å². The third-order valence-corrected chi connectivity index (χ3v) is 5.30. The van der Waals surface area contributed by atoms with E-state index in [1.54, 1.807) is 6.20 Å². The SMILES string of the molecule is CCOc1ccc(-c2ccnc(N3CCN(C(=O)c4ccccc4OC(F)(F)F)CC3)n2)cc1. The Morgan fingerprint density at radius 2 is 1.71 bits per heavy atom. The molecule has 7 nitrogen and oxygen atoms in total. The first-order valence-electron chi connectivity index (χ1n) is 10.8. The van der Waals surface area contributed by atoms with Crippen LogP contribution in [0.2, 0.25) is 0 Å². The summed E-state index contributed by atoms with van der Waals surface area (Å²) < 4.78 is 47.6. The van der Waals surface area contributed by atoms with Gasteiger partial charge in [0.05, 0.1) is 17.9 Å². The average molecular weight is 472 g/mol. The third-order valence-electron chi connectivity index (χ3n) is 5.30. The highest BCUT2D eigenvalue weighted by Crippen LogP contribution is 2.28. The molecular formula is C24H23F3N4O3. The molecule has 178 valence electrons. The van der Waals surface area contributed by atoms with E-state index in [1.165, 1.54) is 23.1 Å². The molecule has 1 fully saturated rings. The molecule has 0 saturated carbocycles. The summed E-state index contributed by atoms with van der Waals surface area (Å²) >= 11 is 0. The maximum absolute atomic E-state index is 12.9. The zero-order valence-electron chi connectivity index (χ0n) is 18.5.